The Hall–Kier alpha value is -1.15. The Bertz CT molecular complexity index is 597. The standard InChI is InChI=1S/C13H12INO3S/c1-3-18-13(16)11-12(19-7-15-11)8-4-5-10(17-2)9(14)6-8/h4-7H,3H2,1-2H3. The van der Waals surface area contributed by atoms with Crippen molar-refractivity contribution in [2.24, 2.45) is 0 Å². The molecule has 1 aromatic heterocycles. The lowest BCUT2D eigenvalue weighted by molar-refractivity contribution is 0.0521. The van der Waals surface area contributed by atoms with Crippen LogP contribution in [-0.4, -0.2) is 24.7 Å². The number of hydrogen-bond acceptors (Lipinski definition) is 5. The van der Waals surface area contributed by atoms with Crippen LogP contribution in [0.25, 0.3) is 10.4 Å². The number of halogens is 1. The van der Waals surface area contributed by atoms with Gasteiger partial charge in [0.25, 0.3) is 0 Å². The molecule has 0 aliphatic heterocycles. The minimum Gasteiger partial charge on any atom is -0.496 e. The summed E-state index contributed by atoms with van der Waals surface area (Å²) >= 11 is 3.62. The van der Waals surface area contributed by atoms with Crippen LogP contribution in [0.1, 0.15) is 17.4 Å². The predicted octanol–water partition coefficient (Wildman–Crippen LogP) is 3.60. The number of carbonyl (C=O) groups excluding carboxylic acids is 1. The highest BCUT2D eigenvalue weighted by Crippen LogP contribution is 2.32. The van der Waals surface area contributed by atoms with Crippen LogP contribution >= 0.6 is 33.9 Å². The van der Waals surface area contributed by atoms with Gasteiger partial charge in [-0.15, -0.1) is 11.3 Å². The monoisotopic (exact) mass is 389 g/mol. The van der Waals surface area contributed by atoms with E-state index in [2.05, 4.69) is 27.6 Å². The van der Waals surface area contributed by atoms with Crippen molar-refractivity contribution in [2.75, 3.05) is 13.7 Å². The highest BCUT2D eigenvalue weighted by molar-refractivity contribution is 14.1. The highest BCUT2D eigenvalue weighted by Gasteiger charge is 2.18. The summed E-state index contributed by atoms with van der Waals surface area (Å²) in [7, 11) is 1.63. The largest absolute Gasteiger partial charge is 0.496 e. The van der Waals surface area contributed by atoms with E-state index in [1.54, 1.807) is 19.5 Å². The number of ether oxygens (including phenoxy) is 2. The van der Waals surface area contributed by atoms with Gasteiger partial charge in [-0.1, -0.05) is 0 Å². The molecule has 0 atom stereocenters. The van der Waals surface area contributed by atoms with E-state index >= 15 is 0 Å². The van der Waals surface area contributed by atoms with Crippen molar-refractivity contribution in [3.05, 3.63) is 33.0 Å². The summed E-state index contributed by atoms with van der Waals surface area (Å²) < 4.78 is 11.2. The van der Waals surface area contributed by atoms with Crippen LogP contribution in [0.2, 0.25) is 0 Å². The Kier molecular flexibility index (Phi) is 4.76. The van der Waals surface area contributed by atoms with Crippen molar-refractivity contribution in [2.45, 2.75) is 6.92 Å². The summed E-state index contributed by atoms with van der Waals surface area (Å²) in [5, 5.41) is 0. The lowest BCUT2D eigenvalue weighted by Gasteiger charge is -2.06. The second-order valence-corrected chi connectivity index (χ2v) is 5.62. The lowest BCUT2D eigenvalue weighted by atomic mass is 10.1. The molecule has 1 heterocycles. The van der Waals surface area contributed by atoms with Gasteiger partial charge in [-0.3, -0.25) is 0 Å². The number of carbonyl (C=O) groups is 1. The molecule has 19 heavy (non-hydrogen) atoms. The molecule has 0 N–H and O–H groups in total. The van der Waals surface area contributed by atoms with Crippen molar-refractivity contribution in [1.29, 1.82) is 0 Å². The number of hydrogen-bond donors (Lipinski definition) is 0. The van der Waals surface area contributed by atoms with Gasteiger partial charge in [0.1, 0.15) is 5.75 Å². The zero-order chi connectivity index (χ0) is 13.8. The molecule has 1 aromatic carbocycles. The van der Waals surface area contributed by atoms with Crippen LogP contribution in [0, 0.1) is 3.57 Å². The maximum atomic E-state index is 11.8. The van der Waals surface area contributed by atoms with Crippen molar-refractivity contribution >= 4 is 39.9 Å². The zero-order valence-corrected chi connectivity index (χ0v) is 13.4. The smallest absolute Gasteiger partial charge is 0.358 e. The first-order valence-corrected chi connectivity index (χ1v) is 7.57. The fourth-order valence-electron chi connectivity index (χ4n) is 1.60. The molecule has 0 saturated carbocycles. The average molecular weight is 389 g/mol. The van der Waals surface area contributed by atoms with Gasteiger partial charge in [0.05, 0.1) is 27.7 Å². The van der Waals surface area contributed by atoms with E-state index in [0.717, 1.165) is 19.8 Å². The number of esters is 1. The van der Waals surface area contributed by atoms with E-state index in [9.17, 15) is 4.79 Å². The third-order valence-corrected chi connectivity index (χ3v) is 4.17. The average Bonchev–Trinajstić information content (AvgIpc) is 2.88. The molecule has 4 nitrogen and oxygen atoms in total. The van der Waals surface area contributed by atoms with Crippen LogP contribution in [0.5, 0.6) is 5.75 Å². The summed E-state index contributed by atoms with van der Waals surface area (Å²) in [6.45, 7) is 2.12. The third kappa shape index (κ3) is 3.06. The number of benzene rings is 1. The molecule has 0 bridgehead atoms. The van der Waals surface area contributed by atoms with Gasteiger partial charge in [0.2, 0.25) is 0 Å². The Morgan fingerprint density at radius 2 is 2.26 bits per heavy atom. The van der Waals surface area contributed by atoms with Gasteiger partial charge >= 0.3 is 5.97 Å². The first kappa shape index (κ1) is 14.3. The molecule has 0 amide bonds. The van der Waals surface area contributed by atoms with Crippen LogP contribution in [0.3, 0.4) is 0 Å². The molecule has 0 spiro atoms. The topological polar surface area (TPSA) is 48.4 Å². The van der Waals surface area contributed by atoms with Gasteiger partial charge in [0.15, 0.2) is 5.69 Å². The number of thiazole rings is 1. The normalized spacial score (nSPS) is 10.3. The van der Waals surface area contributed by atoms with E-state index in [4.69, 9.17) is 9.47 Å². The predicted molar refractivity (Wildman–Crippen MR) is 82.8 cm³/mol. The van der Waals surface area contributed by atoms with Gasteiger partial charge in [0, 0.05) is 0 Å². The zero-order valence-electron chi connectivity index (χ0n) is 10.5. The summed E-state index contributed by atoms with van der Waals surface area (Å²) in [4.78, 5) is 16.7. The van der Waals surface area contributed by atoms with Crippen molar-refractivity contribution in [3.8, 4) is 16.2 Å². The first-order chi connectivity index (χ1) is 9.17. The second kappa shape index (κ2) is 6.33. The first-order valence-electron chi connectivity index (χ1n) is 5.62. The summed E-state index contributed by atoms with van der Waals surface area (Å²) in [5.74, 6) is 0.427. The Balaban J connectivity index is 2.40. The Morgan fingerprint density at radius 3 is 2.89 bits per heavy atom. The van der Waals surface area contributed by atoms with E-state index in [-0.39, 0.29) is 5.97 Å². The fourth-order valence-corrected chi connectivity index (χ4v) is 3.11. The second-order valence-electron chi connectivity index (χ2n) is 3.60. The lowest BCUT2D eigenvalue weighted by Crippen LogP contribution is -2.06. The number of aromatic nitrogens is 1. The molecule has 2 rings (SSSR count). The van der Waals surface area contributed by atoms with Crippen molar-refractivity contribution < 1.29 is 14.3 Å². The summed E-state index contributed by atoms with van der Waals surface area (Å²) in [6, 6.07) is 5.76. The molecule has 100 valence electrons. The fraction of sp³-hybridized carbons (Fsp3) is 0.231. The molecular formula is C13H12INO3S. The van der Waals surface area contributed by atoms with Crippen LogP contribution in [0.15, 0.2) is 23.7 Å². The molecule has 2 aromatic rings. The molecule has 6 heteroatoms. The highest BCUT2D eigenvalue weighted by atomic mass is 127. The maximum absolute atomic E-state index is 11.8. The van der Waals surface area contributed by atoms with Gasteiger partial charge < -0.3 is 9.47 Å². The molecule has 0 fully saturated rings. The van der Waals surface area contributed by atoms with Gasteiger partial charge in [-0.2, -0.15) is 0 Å². The van der Waals surface area contributed by atoms with Crippen LogP contribution < -0.4 is 4.74 Å². The van der Waals surface area contributed by atoms with Gasteiger partial charge in [-0.25, -0.2) is 9.78 Å². The molecule has 0 saturated heterocycles. The minimum atomic E-state index is -0.385. The number of nitrogens with zero attached hydrogens (tertiary/aromatic N) is 1. The summed E-state index contributed by atoms with van der Waals surface area (Å²) in [6.07, 6.45) is 0. The maximum Gasteiger partial charge on any atom is 0.358 e. The van der Waals surface area contributed by atoms with E-state index in [1.165, 1.54) is 11.3 Å². The number of rotatable bonds is 4. The quantitative estimate of drug-likeness (QED) is 0.592. The molecule has 0 radical (unpaired) electrons. The van der Waals surface area contributed by atoms with Crippen molar-refractivity contribution in [3.63, 3.8) is 0 Å². The third-order valence-electron chi connectivity index (χ3n) is 2.45. The molecule has 0 aliphatic rings. The SMILES string of the molecule is CCOC(=O)c1ncsc1-c1ccc(OC)c(I)c1. The number of methoxy groups -OCH3 is 1. The van der Waals surface area contributed by atoms with Gasteiger partial charge in [-0.05, 0) is 53.3 Å². The van der Waals surface area contributed by atoms with Crippen LogP contribution in [-0.2, 0) is 4.74 Å². The Morgan fingerprint density at radius 1 is 1.47 bits per heavy atom. The summed E-state index contributed by atoms with van der Waals surface area (Å²) in [5.41, 5.74) is 2.96. The van der Waals surface area contributed by atoms with E-state index < -0.39 is 0 Å². The molecule has 0 aliphatic carbocycles. The van der Waals surface area contributed by atoms with Crippen LogP contribution in [0.4, 0.5) is 0 Å². The van der Waals surface area contributed by atoms with Crippen molar-refractivity contribution in [1.82, 2.24) is 4.98 Å². The van der Waals surface area contributed by atoms with E-state index in [0.29, 0.717) is 12.3 Å². The Labute approximate surface area is 128 Å². The minimum absolute atomic E-state index is 0.343. The molecule has 0 unspecified atom stereocenters. The molecular weight excluding hydrogens is 377 g/mol. The van der Waals surface area contributed by atoms with E-state index in [1.807, 2.05) is 18.2 Å².